The number of halogens is 3. The number of nitro groups is 3. The van der Waals surface area contributed by atoms with E-state index in [1.807, 2.05) is 57.2 Å². The van der Waals surface area contributed by atoms with E-state index in [9.17, 15) is 34.7 Å². The number of benzene rings is 6. The summed E-state index contributed by atoms with van der Waals surface area (Å²) in [7, 11) is 0. The first-order valence-electron chi connectivity index (χ1n) is 20.3. The van der Waals surface area contributed by atoms with Crippen molar-refractivity contribution in [3.8, 4) is 5.69 Å². The van der Waals surface area contributed by atoms with Crippen molar-refractivity contribution in [2.24, 2.45) is 0 Å². The first kappa shape index (κ1) is 57.5. The maximum Gasteiger partial charge on any atom is 0.269 e. The number of anilines is 3. The van der Waals surface area contributed by atoms with Gasteiger partial charge in [0.1, 0.15) is 31.1 Å². The second-order valence-corrected chi connectivity index (χ2v) is 15.9. The van der Waals surface area contributed by atoms with Crippen LogP contribution in [0.4, 0.5) is 44.2 Å². The number of nitrogens with zero attached hydrogens (tertiary/aromatic N) is 9. The number of hydrogen-bond acceptors (Lipinski definition) is 13. The minimum absolute atomic E-state index is 0.0758. The summed E-state index contributed by atoms with van der Waals surface area (Å²) in [5.41, 5.74) is 27.2. The molecule has 0 aliphatic rings. The van der Waals surface area contributed by atoms with E-state index in [-0.39, 0.29) is 17.1 Å². The second kappa shape index (κ2) is 29.2. The lowest BCUT2D eigenvalue weighted by molar-refractivity contribution is -0.385. The van der Waals surface area contributed by atoms with Crippen molar-refractivity contribution in [1.82, 2.24) is 29.9 Å². The molecule has 6 aromatic carbocycles. The molecule has 364 valence electrons. The molecular weight excluding hydrogens is 989 g/mol. The highest BCUT2D eigenvalue weighted by molar-refractivity contribution is 9.10. The van der Waals surface area contributed by atoms with Crippen LogP contribution in [-0.4, -0.2) is 44.7 Å². The number of rotatable bonds is 4. The van der Waals surface area contributed by atoms with Gasteiger partial charge in [-0.15, -0.1) is 0 Å². The van der Waals surface area contributed by atoms with Gasteiger partial charge in [0.05, 0.1) is 27.0 Å². The highest BCUT2D eigenvalue weighted by Crippen LogP contribution is 2.23. The van der Waals surface area contributed by atoms with Crippen LogP contribution in [0.3, 0.4) is 0 Å². The zero-order chi connectivity index (χ0) is 52.5. The monoisotopic (exact) mass is 1040 g/mol. The molecule has 0 aliphatic carbocycles. The summed E-state index contributed by atoms with van der Waals surface area (Å²) < 4.78 is 15.1. The summed E-state index contributed by atoms with van der Waals surface area (Å²) in [6, 6.07) is 29.4. The molecule has 2 heterocycles. The molecule has 0 aliphatic heterocycles. The fraction of sp³-hybridized carbons (Fsp3) is 0.146. The SMILES string of the molecule is Cc1cc(N)ccc1-n1cncn1.Cc1cc([N+](=O)[O-])ccc1Br.Cc1cc([N+](=O)[O-])ccc1Cl.Cc1cc([N+](=O)[O-])ccc1F.Cc1ccc(N)cc1C.[C-]#[N+]c1ccc(N)cc1C.c1nc[nH]n1. The fourth-order valence-corrected chi connectivity index (χ4v) is 5.60. The Hall–Kier alpha value is -8.61. The molecule has 0 saturated heterocycles. The maximum atomic E-state index is 12.5. The van der Waals surface area contributed by atoms with E-state index in [2.05, 4.69) is 59.9 Å². The Morgan fingerprint density at radius 3 is 1.54 bits per heavy atom. The molecule has 0 bridgehead atoms. The van der Waals surface area contributed by atoms with Crippen molar-refractivity contribution < 1.29 is 19.2 Å². The van der Waals surface area contributed by atoms with E-state index in [1.165, 1.54) is 73.4 Å². The Balaban J connectivity index is 0.000000283. The predicted molar refractivity (Wildman–Crippen MR) is 275 cm³/mol. The number of H-pyrrole nitrogens is 1. The molecule has 0 atom stereocenters. The highest BCUT2D eigenvalue weighted by atomic mass is 79.9. The molecular formula is C48H50BrClFN13O6. The largest absolute Gasteiger partial charge is 0.399 e. The molecule has 0 amide bonds. The molecule has 0 spiro atoms. The Labute approximate surface area is 416 Å². The number of nitro benzene ring substituents is 3. The molecule has 7 N–H and O–H groups in total. The van der Waals surface area contributed by atoms with Gasteiger partial charge >= 0.3 is 0 Å². The van der Waals surface area contributed by atoms with E-state index in [0.717, 1.165) is 55.9 Å². The van der Waals surface area contributed by atoms with Crippen molar-refractivity contribution in [3.05, 3.63) is 231 Å². The van der Waals surface area contributed by atoms with Crippen LogP contribution >= 0.6 is 27.5 Å². The minimum atomic E-state index is -0.549. The summed E-state index contributed by atoms with van der Waals surface area (Å²) in [6.45, 7) is 19.8. The number of aryl methyl sites for hydroxylation is 7. The molecule has 8 aromatic rings. The number of nitrogen functional groups attached to an aromatic ring is 3. The van der Waals surface area contributed by atoms with Gasteiger partial charge in [0, 0.05) is 63.0 Å². The predicted octanol–water partition coefficient (Wildman–Crippen LogP) is 12.2. The molecule has 22 heteroatoms. The molecule has 0 radical (unpaired) electrons. The van der Waals surface area contributed by atoms with Crippen molar-refractivity contribution in [1.29, 1.82) is 0 Å². The Kier molecular flexibility index (Phi) is 24.0. The highest BCUT2D eigenvalue weighted by Gasteiger charge is 2.08. The average molecular weight is 1040 g/mol. The van der Waals surface area contributed by atoms with Crippen LogP contribution in [-0.2, 0) is 0 Å². The molecule has 0 saturated carbocycles. The average Bonchev–Trinajstić information content (AvgIpc) is 4.08. The molecule has 70 heavy (non-hydrogen) atoms. The van der Waals surface area contributed by atoms with Gasteiger partial charge in [0.15, 0.2) is 5.69 Å². The lowest BCUT2D eigenvalue weighted by atomic mass is 10.1. The van der Waals surface area contributed by atoms with Crippen LogP contribution < -0.4 is 17.2 Å². The number of hydrogen-bond donors (Lipinski definition) is 4. The van der Waals surface area contributed by atoms with Crippen molar-refractivity contribution >= 4 is 67.3 Å². The molecule has 8 rings (SSSR count). The van der Waals surface area contributed by atoms with Gasteiger partial charge in [-0.25, -0.2) is 23.9 Å². The van der Waals surface area contributed by atoms with E-state index in [1.54, 1.807) is 42.2 Å². The topological polar surface area (TPSA) is 284 Å². The first-order valence-corrected chi connectivity index (χ1v) is 21.5. The van der Waals surface area contributed by atoms with Crippen LogP contribution in [0.5, 0.6) is 0 Å². The number of aromatic amines is 1. The van der Waals surface area contributed by atoms with Crippen LogP contribution in [0.15, 0.2) is 139 Å². The lowest BCUT2D eigenvalue weighted by Crippen LogP contribution is -1.98. The summed E-state index contributed by atoms with van der Waals surface area (Å²) in [5.74, 6) is -0.421. The van der Waals surface area contributed by atoms with Gasteiger partial charge in [-0.1, -0.05) is 39.7 Å². The Bertz CT molecular complexity index is 2850. The van der Waals surface area contributed by atoms with Gasteiger partial charge in [-0.2, -0.15) is 10.2 Å². The first-order chi connectivity index (χ1) is 33.0. The fourth-order valence-electron chi connectivity index (χ4n) is 5.23. The molecule has 0 fully saturated rings. The van der Waals surface area contributed by atoms with Gasteiger partial charge < -0.3 is 17.2 Å². The van der Waals surface area contributed by atoms with E-state index < -0.39 is 20.6 Å². The summed E-state index contributed by atoms with van der Waals surface area (Å²) in [5, 5.41) is 41.2. The van der Waals surface area contributed by atoms with E-state index in [0.29, 0.717) is 22.0 Å². The third kappa shape index (κ3) is 20.5. The van der Waals surface area contributed by atoms with Gasteiger partial charge in [-0.05, 0) is 148 Å². The van der Waals surface area contributed by atoms with Crippen molar-refractivity contribution in [2.45, 2.75) is 48.5 Å². The molecule has 2 aromatic heterocycles. The van der Waals surface area contributed by atoms with Gasteiger partial charge in [0.2, 0.25) is 0 Å². The Morgan fingerprint density at radius 1 is 0.614 bits per heavy atom. The van der Waals surface area contributed by atoms with Crippen LogP contribution in [0, 0.1) is 91.2 Å². The number of nitrogens with two attached hydrogens (primary N) is 3. The number of non-ortho nitro benzene ring substituents is 3. The standard InChI is InChI=1S/C9H10N4.C8H8N2.C8H11N.C7H6BrNO2.C7H6ClNO2.C7H6FNO2.C2H3N3/c1-7-4-8(10)2-3-9(7)13-6-11-5-12-13;1-6-5-7(9)3-4-8(6)10-2;1-6-3-4-8(9)5-7(6)2;3*1-5-4-6(9(10)11)2-3-7(5)8;1-3-2-5-4-1/h2-6H,10H2,1H3;3-5H,9H2,1H3;3-5H,9H2,1-2H3;3*2-4H,1H3;1-2H,(H,3,4,5). The summed E-state index contributed by atoms with van der Waals surface area (Å²) in [6.07, 6.45) is 6.13. The maximum absolute atomic E-state index is 12.5. The third-order valence-electron chi connectivity index (χ3n) is 9.15. The van der Waals surface area contributed by atoms with Crippen LogP contribution in [0.1, 0.15) is 38.9 Å². The number of nitrogens with one attached hydrogen (secondary N) is 1. The Morgan fingerprint density at radius 2 is 1.13 bits per heavy atom. The lowest BCUT2D eigenvalue weighted by Gasteiger charge is -2.04. The third-order valence-corrected chi connectivity index (χ3v) is 10.5. The number of aromatic nitrogens is 6. The molecule has 0 unspecified atom stereocenters. The zero-order valence-electron chi connectivity index (χ0n) is 39.0. The van der Waals surface area contributed by atoms with Crippen LogP contribution in [0.2, 0.25) is 5.02 Å². The van der Waals surface area contributed by atoms with Gasteiger partial charge in [-0.3, -0.25) is 35.4 Å². The molecule has 19 nitrogen and oxygen atoms in total. The quantitative estimate of drug-likeness (QED) is 0.0553. The second-order valence-electron chi connectivity index (χ2n) is 14.6. The van der Waals surface area contributed by atoms with Crippen molar-refractivity contribution in [3.63, 3.8) is 0 Å². The van der Waals surface area contributed by atoms with Crippen LogP contribution in [0.25, 0.3) is 10.5 Å². The van der Waals surface area contributed by atoms with E-state index in [4.69, 9.17) is 35.4 Å². The van der Waals surface area contributed by atoms with E-state index >= 15 is 0 Å². The smallest absolute Gasteiger partial charge is 0.269 e. The summed E-state index contributed by atoms with van der Waals surface area (Å²) >= 11 is 8.92. The zero-order valence-corrected chi connectivity index (χ0v) is 41.4. The summed E-state index contributed by atoms with van der Waals surface area (Å²) in [4.78, 5) is 40.0. The van der Waals surface area contributed by atoms with Gasteiger partial charge in [0.25, 0.3) is 17.1 Å². The van der Waals surface area contributed by atoms with Crippen molar-refractivity contribution in [2.75, 3.05) is 17.2 Å². The normalized spacial score (nSPS) is 9.50. The minimum Gasteiger partial charge on any atom is -0.399 e.